The van der Waals surface area contributed by atoms with Crippen LogP contribution in [-0.4, -0.2) is 39.3 Å². The number of sulfone groups is 2. The van der Waals surface area contributed by atoms with Crippen molar-refractivity contribution >= 4 is 19.7 Å². The summed E-state index contributed by atoms with van der Waals surface area (Å²) in [6.07, 6.45) is 2.76. The molecular weight excluding hydrogens is 296 g/mol. The molecule has 0 aliphatic heterocycles. The van der Waals surface area contributed by atoms with Crippen LogP contribution in [0.4, 0.5) is 0 Å². The Bertz CT molecular complexity index is 470. The van der Waals surface area contributed by atoms with E-state index in [4.69, 9.17) is 0 Å². The topological polar surface area (TPSA) is 68.3 Å². The van der Waals surface area contributed by atoms with Gasteiger partial charge >= 0.3 is 0 Å². The van der Waals surface area contributed by atoms with Gasteiger partial charge in [0.1, 0.15) is 0 Å². The molecule has 4 nitrogen and oxygen atoms in total. The van der Waals surface area contributed by atoms with E-state index in [9.17, 15) is 16.8 Å². The fraction of sp³-hybridized carbons (Fsp3) is 1.00. The summed E-state index contributed by atoms with van der Waals surface area (Å²) in [4.78, 5) is 0. The largest absolute Gasteiger partial charge is 0.229 e. The molecule has 0 aromatic rings. The van der Waals surface area contributed by atoms with Crippen molar-refractivity contribution in [3.8, 4) is 0 Å². The van der Waals surface area contributed by atoms with Crippen LogP contribution in [0.3, 0.4) is 0 Å². The third-order valence-electron chi connectivity index (χ3n) is 3.40. The average molecular weight is 327 g/mol. The van der Waals surface area contributed by atoms with Gasteiger partial charge in [-0.3, -0.25) is 0 Å². The minimum absolute atomic E-state index is 0.0781. The van der Waals surface area contributed by atoms with Crippen molar-refractivity contribution in [1.82, 2.24) is 0 Å². The standard InChI is InChI=1S/C14H30O4S2/c1-6-8-10-19(15,16)12-13(14(3,4)5)20(17,18)11-9-7-2/h13H,6-12H2,1-5H3/t13-/m1/s1. The molecule has 20 heavy (non-hydrogen) atoms. The summed E-state index contributed by atoms with van der Waals surface area (Å²) in [5.41, 5.74) is -0.564. The summed E-state index contributed by atoms with van der Waals surface area (Å²) in [7, 11) is -6.69. The summed E-state index contributed by atoms with van der Waals surface area (Å²) in [6, 6.07) is 0. The van der Waals surface area contributed by atoms with Gasteiger partial charge in [-0.1, -0.05) is 47.5 Å². The number of unbranched alkanes of at least 4 members (excludes halogenated alkanes) is 2. The lowest BCUT2D eigenvalue weighted by Crippen LogP contribution is -2.42. The number of rotatable bonds is 9. The minimum Gasteiger partial charge on any atom is -0.229 e. The molecule has 0 aromatic heterocycles. The SMILES string of the molecule is CCCCS(=O)(=O)C[C@H](C(C)(C)C)S(=O)(=O)CCCC. The minimum atomic E-state index is -3.38. The van der Waals surface area contributed by atoms with Crippen molar-refractivity contribution in [2.24, 2.45) is 5.41 Å². The fourth-order valence-corrected chi connectivity index (χ4v) is 7.42. The molecule has 6 heteroatoms. The first-order valence-corrected chi connectivity index (χ1v) is 10.9. The molecule has 0 amide bonds. The third kappa shape index (κ3) is 7.07. The molecule has 0 heterocycles. The van der Waals surface area contributed by atoms with Crippen LogP contribution >= 0.6 is 0 Å². The highest BCUT2D eigenvalue weighted by molar-refractivity contribution is 7.95. The Kier molecular flexibility index (Phi) is 7.74. The second-order valence-corrected chi connectivity index (χ2v) is 11.1. The predicted octanol–water partition coefficient (Wildman–Crippen LogP) is 2.83. The highest BCUT2D eigenvalue weighted by atomic mass is 32.2. The average Bonchev–Trinajstić information content (AvgIpc) is 2.30. The van der Waals surface area contributed by atoms with E-state index in [0.717, 1.165) is 12.8 Å². The van der Waals surface area contributed by atoms with E-state index in [0.29, 0.717) is 12.8 Å². The molecule has 0 saturated carbocycles. The molecule has 0 radical (unpaired) electrons. The smallest absolute Gasteiger partial charge is 0.154 e. The van der Waals surface area contributed by atoms with Gasteiger partial charge in [0.25, 0.3) is 0 Å². The van der Waals surface area contributed by atoms with Gasteiger partial charge in [0.05, 0.1) is 22.5 Å². The van der Waals surface area contributed by atoms with E-state index < -0.39 is 30.3 Å². The van der Waals surface area contributed by atoms with Crippen molar-refractivity contribution in [3.63, 3.8) is 0 Å². The molecular formula is C14H30O4S2. The van der Waals surface area contributed by atoms with Crippen LogP contribution in [0.15, 0.2) is 0 Å². The van der Waals surface area contributed by atoms with Crippen LogP contribution in [0, 0.1) is 5.41 Å². The molecule has 1 atom stereocenters. The van der Waals surface area contributed by atoms with Crippen LogP contribution in [0.5, 0.6) is 0 Å². The summed E-state index contributed by atoms with van der Waals surface area (Å²) >= 11 is 0. The summed E-state index contributed by atoms with van der Waals surface area (Å²) in [6.45, 7) is 9.26. The normalized spacial score (nSPS) is 15.2. The maximum Gasteiger partial charge on any atom is 0.154 e. The Balaban J connectivity index is 5.21. The molecule has 0 saturated heterocycles. The Labute approximate surface area is 125 Å². The van der Waals surface area contributed by atoms with Gasteiger partial charge in [-0.05, 0) is 18.3 Å². The molecule has 0 spiro atoms. The van der Waals surface area contributed by atoms with Gasteiger partial charge < -0.3 is 0 Å². The number of hydrogen-bond acceptors (Lipinski definition) is 4. The highest BCUT2D eigenvalue weighted by Gasteiger charge is 2.38. The Morgan fingerprint density at radius 1 is 0.850 bits per heavy atom. The molecule has 122 valence electrons. The molecule has 0 aliphatic rings. The van der Waals surface area contributed by atoms with E-state index in [2.05, 4.69) is 0 Å². The lowest BCUT2D eigenvalue weighted by atomic mass is 9.93. The predicted molar refractivity (Wildman–Crippen MR) is 85.5 cm³/mol. The van der Waals surface area contributed by atoms with E-state index in [-0.39, 0.29) is 17.3 Å². The van der Waals surface area contributed by atoms with Gasteiger partial charge in [-0.15, -0.1) is 0 Å². The quantitative estimate of drug-likeness (QED) is 0.653. The second-order valence-electron chi connectivity index (χ2n) is 6.54. The first kappa shape index (κ1) is 19.9. The van der Waals surface area contributed by atoms with Crippen LogP contribution in [0.2, 0.25) is 0 Å². The maximum absolute atomic E-state index is 12.4. The van der Waals surface area contributed by atoms with Crippen LogP contribution in [-0.2, 0) is 19.7 Å². The Morgan fingerprint density at radius 2 is 1.30 bits per heavy atom. The van der Waals surface area contributed by atoms with E-state index >= 15 is 0 Å². The molecule has 0 unspecified atom stereocenters. The highest BCUT2D eigenvalue weighted by Crippen LogP contribution is 2.28. The van der Waals surface area contributed by atoms with Crippen LogP contribution in [0.1, 0.15) is 60.3 Å². The molecule has 0 aromatic carbocycles. The van der Waals surface area contributed by atoms with Gasteiger partial charge in [0.2, 0.25) is 0 Å². The summed E-state index contributed by atoms with van der Waals surface area (Å²) in [5, 5.41) is -0.816. The van der Waals surface area contributed by atoms with E-state index in [1.54, 1.807) is 20.8 Å². The lowest BCUT2D eigenvalue weighted by Gasteiger charge is -2.30. The number of hydrogen-bond donors (Lipinski definition) is 0. The van der Waals surface area contributed by atoms with Gasteiger partial charge in [0.15, 0.2) is 19.7 Å². The molecule has 0 rings (SSSR count). The monoisotopic (exact) mass is 326 g/mol. The third-order valence-corrected chi connectivity index (χ3v) is 7.96. The molecule has 0 bridgehead atoms. The van der Waals surface area contributed by atoms with Gasteiger partial charge in [-0.2, -0.15) is 0 Å². The lowest BCUT2D eigenvalue weighted by molar-refractivity contribution is 0.391. The molecule has 0 aliphatic carbocycles. The fourth-order valence-electron chi connectivity index (χ4n) is 2.06. The van der Waals surface area contributed by atoms with Crippen molar-refractivity contribution in [2.75, 3.05) is 17.3 Å². The van der Waals surface area contributed by atoms with Crippen molar-refractivity contribution < 1.29 is 16.8 Å². The Hall–Kier alpha value is -0.100. The zero-order valence-corrected chi connectivity index (χ0v) is 15.1. The maximum atomic E-state index is 12.4. The first-order chi connectivity index (χ1) is 8.96. The van der Waals surface area contributed by atoms with Crippen LogP contribution < -0.4 is 0 Å². The van der Waals surface area contributed by atoms with Crippen molar-refractivity contribution in [3.05, 3.63) is 0 Å². The van der Waals surface area contributed by atoms with Crippen molar-refractivity contribution in [2.45, 2.75) is 65.6 Å². The molecule has 0 N–H and O–H groups in total. The van der Waals surface area contributed by atoms with E-state index in [1.807, 2.05) is 13.8 Å². The van der Waals surface area contributed by atoms with E-state index in [1.165, 1.54) is 0 Å². The zero-order chi connectivity index (χ0) is 16.0. The summed E-state index contributed by atoms with van der Waals surface area (Å²) in [5.74, 6) is -0.0866. The van der Waals surface area contributed by atoms with Gasteiger partial charge in [-0.25, -0.2) is 16.8 Å². The summed E-state index contributed by atoms with van der Waals surface area (Å²) < 4.78 is 49.1. The van der Waals surface area contributed by atoms with Crippen molar-refractivity contribution in [1.29, 1.82) is 0 Å². The first-order valence-electron chi connectivity index (χ1n) is 7.38. The Morgan fingerprint density at radius 3 is 1.70 bits per heavy atom. The molecule has 0 fully saturated rings. The zero-order valence-electron chi connectivity index (χ0n) is 13.5. The second kappa shape index (κ2) is 7.78. The van der Waals surface area contributed by atoms with Crippen LogP contribution in [0.25, 0.3) is 0 Å². The van der Waals surface area contributed by atoms with Gasteiger partial charge in [0, 0.05) is 0 Å².